The quantitative estimate of drug-likeness (QED) is 0.701. The van der Waals surface area contributed by atoms with Gasteiger partial charge in [0.25, 0.3) is 0 Å². The maximum atomic E-state index is 11.8. The molecule has 1 aliphatic carbocycles. The molecule has 0 saturated heterocycles. The van der Waals surface area contributed by atoms with Crippen molar-refractivity contribution in [3.05, 3.63) is 0 Å². The first-order valence-corrected chi connectivity index (χ1v) is 7.29. The molecule has 3 nitrogen and oxygen atoms in total. The second kappa shape index (κ2) is 8.51. The van der Waals surface area contributed by atoms with Gasteiger partial charge in [-0.3, -0.25) is 4.79 Å². The lowest BCUT2D eigenvalue weighted by molar-refractivity contribution is -0.121. The molecule has 1 amide bonds. The minimum Gasteiger partial charge on any atom is -0.352 e. The predicted molar refractivity (Wildman–Crippen MR) is 72.0 cm³/mol. The monoisotopic (exact) mass is 240 g/mol. The zero-order chi connectivity index (χ0) is 12.5. The summed E-state index contributed by atoms with van der Waals surface area (Å²) in [6.45, 7) is 4.79. The Morgan fingerprint density at radius 2 is 1.71 bits per heavy atom. The molecule has 0 spiro atoms. The second-order valence-corrected chi connectivity index (χ2v) is 5.15. The Labute approximate surface area is 106 Å². The summed E-state index contributed by atoms with van der Waals surface area (Å²) >= 11 is 0. The molecule has 100 valence electrons. The molecule has 0 aromatic carbocycles. The summed E-state index contributed by atoms with van der Waals surface area (Å²) in [5.74, 6) is 0.170. The Kier molecular flexibility index (Phi) is 7.25. The van der Waals surface area contributed by atoms with Gasteiger partial charge in [0.2, 0.25) is 5.91 Å². The van der Waals surface area contributed by atoms with Crippen LogP contribution in [0.5, 0.6) is 0 Å². The number of nitrogens with one attached hydrogen (secondary N) is 2. The Bertz CT molecular complexity index is 206. The van der Waals surface area contributed by atoms with Crippen LogP contribution in [0.4, 0.5) is 0 Å². The van der Waals surface area contributed by atoms with Crippen LogP contribution in [0.3, 0.4) is 0 Å². The highest BCUT2D eigenvalue weighted by molar-refractivity contribution is 5.78. The average Bonchev–Trinajstić information content (AvgIpc) is 2.59. The molecule has 0 atom stereocenters. The van der Waals surface area contributed by atoms with E-state index in [1.807, 2.05) is 0 Å². The van der Waals surface area contributed by atoms with E-state index >= 15 is 0 Å². The summed E-state index contributed by atoms with van der Waals surface area (Å²) in [7, 11) is 0. The molecular formula is C14H28N2O. The van der Waals surface area contributed by atoms with Crippen molar-refractivity contribution in [2.24, 2.45) is 0 Å². The molecule has 3 heteroatoms. The highest BCUT2D eigenvalue weighted by atomic mass is 16.1. The molecule has 1 rings (SSSR count). The van der Waals surface area contributed by atoms with Crippen LogP contribution in [0.1, 0.15) is 65.2 Å². The maximum absolute atomic E-state index is 11.8. The van der Waals surface area contributed by atoms with Crippen LogP contribution < -0.4 is 10.6 Å². The van der Waals surface area contributed by atoms with E-state index in [2.05, 4.69) is 24.5 Å². The molecule has 0 aromatic heterocycles. The molecular weight excluding hydrogens is 212 g/mol. The third-order valence-electron chi connectivity index (χ3n) is 3.76. The second-order valence-electron chi connectivity index (χ2n) is 5.15. The third kappa shape index (κ3) is 6.06. The largest absolute Gasteiger partial charge is 0.352 e. The van der Waals surface area contributed by atoms with Gasteiger partial charge in [0.05, 0.1) is 6.54 Å². The molecule has 2 N–H and O–H groups in total. The minimum absolute atomic E-state index is 0.170. The van der Waals surface area contributed by atoms with E-state index in [9.17, 15) is 4.79 Å². The lowest BCUT2D eigenvalue weighted by atomic mass is 10.1. The first-order valence-electron chi connectivity index (χ1n) is 7.29. The lowest BCUT2D eigenvalue weighted by Gasteiger charge is -2.18. The topological polar surface area (TPSA) is 41.1 Å². The third-order valence-corrected chi connectivity index (χ3v) is 3.76. The number of carbonyl (C=O) groups excluding carboxylic acids is 1. The molecule has 1 saturated carbocycles. The van der Waals surface area contributed by atoms with Crippen molar-refractivity contribution in [3.8, 4) is 0 Å². The predicted octanol–water partition coefficient (Wildman–Crippen LogP) is 2.60. The van der Waals surface area contributed by atoms with E-state index in [0.717, 1.165) is 25.7 Å². The number of hydrogen-bond acceptors (Lipinski definition) is 2. The summed E-state index contributed by atoms with van der Waals surface area (Å²) in [6.07, 6.45) is 9.71. The molecule has 0 aromatic rings. The van der Waals surface area contributed by atoms with Crippen LogP contribution in [0.2, 0.25) is 0 Å². The van der Waals surface area contributed by atoms with Gasteiger partial charge in [-0.2, -0.15) is 0 Å². The van der Waals surface area contributed by atoms with Gasteiger partial charge in [0, 0.05) is 12.1 Å². The van der Waals surface area contributed by atoms with Crippen LogP contribution in [-0.4, -0.2) is 24.5 Å². The first kappa shape index (κ1) is 14.5. The van der Waals surface area contributed by atoms with Crippen LogP contribution in [0.25, 0.3) is 0 Å². The number of carbonyl (C=O) groups is 1. The summed E-state index contributed by atoms with van der Waals surface area (Å²) in [5.41, 5.74) is 0. The number of hydrogen-bond donors (Lipinski definition) is 2. The van der Waals surface area contributed by atoms with Gasteiger partial charge in [-0.25, -0.2) is 0 Å². The highest BCUT2D eigenvalue weighted by Gasteiger charge is 2.14. The molecule has 17 heavy (non-hydrogen) atoms. The Morgan fingerprint density at radius 3 is 2.24 bits per heavy atom. The van der Waals surface area contributed by atoms with Crippen LogP contribution in [-0.2, 0) is 4.79 Å². The normalized spacial score (nSPS) is 18.1. The van der Waals surface area contributed by atoms with Crippen LogP contribution in [0, 0.1) is 0 Å². The fourth-order valence-corrected chi connectivity index (χ4v) is 2.52. The number of rotatable bonds is 6. The standard InChI is InChI=1S/C14H28N2O/c1-3-12(4-2)15-11-14(17)16-13-9-7-5-6-8-10-13/h12-13,15H,3-11H2,1-2H3,(H,16,17). The summed E-state index contributed by atoms with van der Waals surface area (Å²) in [4.78, 5) is 11.8. The molecule has 0 bridgehead atoms. The van der Waals surface area contributed by atoms with E-state index < -0.39 is 0 Å². The fourth-order valence-electron chi connectivity index (χ4n) is 2.52. The smallest absolute Gasteiger partial charge is 0.234 e. The van der Waals surface area contributed by atoms with Gasteiger partial charge in [0.1, 0.15) is 0 Å². The molecule has 0 radical (unpaired) electrons. The van der Waals surface area contributed by atoms with Crippen molar-refractivity contribution in [2.75, 3.05) is 6.54 Å². The molecule has 1 aliphatic rings. The molecule has 0 unspecified atom stereocenters. The average molecular weight is 240 g/mol. The zero-order valence-electron chi connectivity index (χ0n) is 11.4. The number of amides is 1. The van der Waals surface area contributed by atoms with E-state index in [-0.39, 0.29) is 5.91 Å². The van der Waals surface area contributed by atoms with Crippen molar-refractivity contribution in [2.45, 2.75) is 77.3 Å². The Hall–Kier alpha value is -0.570. The van der Waals surface area contributed by atoms with Gasteiger partial charge in [-0.05, 0) is 25.7 Å². The summed E-state index contributed by atoms with van der Waals surface area (Å²) in [6, 6.07) is 0.906. The van der Waals surface area contributed by atoms with Crippen molar-refractivity contribution >= 4 is 5.91 Å². The molecule has 0 aliphatic heterocycles. The van der Waals surface area contributed by atoms with Crippen molar-refractivity contribution in [1.29, 1.82) is 0 Å². The zero-order valence-corrected chi connectivity index (χ0v) is 11.4. The van der Waals surface area contributed by atoms with Gasteiger partial charge in [-0.15, -0.1) is 0 Å². The van der Waals surface area contributed by atoms with Gasteiger partial charge in [-0.1, -0.05) is 39.5 Å². The summed E-state index contributed by atoms with van der Waals surface area (Å²) < 4.78 is 0. The van der Waals surface area contributed by atoms with Gasteiger partial charge >= 0.3 is 0 Å². The van der Waals surface area contributed by atoms with E-state index in [0.29, 0.717) is 18.6 Å². The minimum atomic E-state index is 0.170. The van der Waals surface area contributed by atoms with Crippen LogP contribution >= 0.6 is 0 Å². The molecule has 1 fully saturated rings. The highest BCUT2D eigenvalue weighted by Crippen LogP contribution is 2.16. The first-order chi connectivity index (χ1) is 8.26. The fraction of sp³-hybridized carbons (Fsp3) is 0.929. The van der Waals surface area contributed by atoms with E-state index in [1.165, 1.54) is 25.7 Å². The van der Waals surface area contributed by atoms with E-state index in [1.54, 1.807) is 0 Å². The lowest BCUT2D eigenvalue weighted by Crippen LogP contribution is -2.42. The van der Waals surface area contributed by atoms with Gasteiger partial charge in [0.15, 0.2) is 0 Å². The molecule has 0 heterocycles. The van der Waals surface area contributed by atoms with Crippen molar-refractivity contribution in [1.82, 2.24) is 10.6 Å². The SMILES string of the molecule is CCC(CC)NCC(=O)NC1CCCCCC1. The maximum Gasteiger partial charge on any atom is 0.234 e. The summed E-state index contributed by atoms with van der Waals surface area (Å²) in [5, 5.41) is 6.47. The van der Waals surface area contributed by atoms with Crippen molar-refractivity contribution < 1.29 is 4.79 Å². The van der Waals surface area contributed by atoms with Crippen LogP contribution in [0.15, 0.2) is 0 Å². The Morgan fingerprint density at radius 1 is 1.12 bits per heavy atom. The Balaban J connectivity index is 2.18. The van der Waals surface area contributed by atoms with Crippen molar-refractivity contribution in [3.63, 3.8) is 0 Å². The van der Waals surface area contributed by atoms with Gasteiger partial charge < -0.3 is 10.6 Å². The van der Waals surface area contributed by atoms with E-state index in [4.69, 9.17) is 0 Å².